The molecule has 0 unspecified atom stereocenters. The monoisotopic (exact) mass is 463 g/mol. The molecule has 0 spiro atoms. The molecule has 0 radical (unpaired) electrons. The third kappa shape index (κ3) is 5.43. The minimum Gasteiger partial charge on any atom is -0.497 e. The fraction of sp³-hybridized carbons (Fsp3) is 0.409. The van der Waals surface area contributed by atoms with Crippen LogP contribution >= 0.6 is 0 Å². The molecule has 0 aliphatic carbocycles. The first kappa shape index (κ1) is 23.7. The number of carbonyl (C=O) groups excluding carboxylic acids is 1. The Bertz CT molecular complexity index is 1020. The summed E-state index contributed by atoms with van der Waals surface area (Å²) in [6, 6.07) is 12.1. The van der Waals surface area contributed by atoms with Gasteiger partial charge in [0.25, 0.3) is 0 Å². The molecule has 9 nitrogen and oxygen atoms in total. The second-order valence-electron chi connectivity index (χ2n) is 7.03. The standard InChI is InChI=1S/C22H29N3O6S/c1-4-30-21-11-10-19(16-20(21)23-22(26)31-5-2)32(27,28)25-14-12-24(13-15-25)17-6-8-18(29-3)9-7-17/h6-11,16H,4-5,12-15H2,1-3H3,(H,23,26). The summed E-state index contributed by atoms with van der Waals surface area (Å²) in [6.07, 6.45) is -0.670. The van der Waals surface area contributed by atoms with E-state index in [-0.39, 0.29) is 17.2 Å². The highest BCUT2D eigenvalue weighted by Crippen LogP contribution is 2.30. The quantitative estimate of drug-likeness (QED) is 0.642. The van der Waals surface area contributed by atoms with E-state index in [0.717, 1.165) is 11.4 Å². The molecule has 0 saturated carbocycles. The lowest BCUT2D eigenvalue weighted by Crippen LogP contribution is -2.48. The number of ether oxygens (including phenoxy) is 3. The molecule has 0 atom stereocenters. The van der Waals surface area contributed by atoms with Crippen molar-refractivity contribution in [1.82, 2.24) is 4.31 Å². The van der Waals surface area contributed by atoms with Crippen LogP contribution < -0.4 is 19.7 Å². The van der Waals surface area contributed by atoms with E-state index in [0.29, 0.717) is 38.5 Å². The molecule has 1 N–H and O–H groups in total. The van der Waals surface area contributed by atoms with Crippen molar-refractivity contribution in [2.24, 2.45) is 0 Å². The molecule has 174 valence electrons. The van der Waals surface area contributed by atoms with E-state index in [1.54, 1.807) is 27.0 Å². The Labute approximate surface area is 188 Å². The highest BCUT2D eigenvalue weighted by molar-refractivity contribution is 7.89. The van der Waals surface area contributed by atoms with Crippen molar-refractivity contribution in [1.29, 1.82) is 0 Å². The fourth-order valence-corrected chi connectivity index (χ4v) is 4.90. The molecule has 3 rings (SSSR count). The van der Waals surface area contributed by atoms with Crippen molar-refractivity contribution in [3.63, 3.8) is 0 Å². The molecule has 0 aromatic heterocycles. The van der Waals surface area contributed by atoms with Gasteiger partial charge >= 0.3 is 6.09 Å². The van der Waals surface area contributed by atoms with E-state index >= 15 is 0 Å². The zero-order valence-electron chi connectivity index (χ0n) is 18.5. The summed E-state index contributed by atoms with van der Waals surface area (Å²) in [6.45, 7) is 5.90. The summed E-state index contributed by atoms with van der Waals surface area (Å²) >= 11 is 0. The lowest BCUT2D eigenvalue weighted by atomic mass is 10.2. The van der Waals surface area contributed by atoms with Crippen LogP contribution in [0.2, 0.25) is 0 Å². The average molecular weight is 464 g/mol. The SMILES string of the molecule is CCOC(=O)Nc1cc(S(=O)(=O)N2CCN(c3ccc(OC)cc3)CC2)ccc1OCC. The number of rotatable bonds is 8. The van der Waals surface area contributed by atoms with Gasteiger partial charge in [-0.2, -0.15) is 4.31 Å². The number of carbonyl (C=O) groups is 1. The molecule has 32 heavy (non-hydrogen) atoms. The Morgan fingerprint density at radius 3 is 2.28 bits per heavy atom. The Balaban J connectivity index is 1.74. The third-order valence-electron chi connectivity index (χ3n) is 5.08. The lowest BCUT2D eigenvalue weighted by Gasteiger charge is -2.35. The molecule has 2 aromatic carbocycles. The van der Waals surface area contributed by atoms with E-state index in [1.165, 1.54) is 16.4 Å². The maximum atomic E-state index is 13.3. The number of piperazine rings is 1. The topological polar surface area (TPSA) is 97.4 Å². The fourth-order valence-electron chi connectivity index (χ4n) is 3.45. The van der Waals surface area contributed by atoms with Gasteiger partial charge in [0.1, 0.15) is 11.5 Å². The molecule has 0 bridgehead atoms. The summed E-state index contributed by atoms with van der Waals surface area (Å²) in [4.78, 5) is 14.1. The van der Waals surface area contributed by atoms with Gasteiger partial charge in [-0.1, -0.05) is 0 Å². The predicted octanol–water partition coefficient (Wildman–Crippen LogP) is 3.17. The first-order valence-corrected chi connectivity index (χ1v) is 11.9. The van der Waals surface area contributed by atoms with Crippen molar-refractivity contribution >= 4 is 27.5 Å². The van der Waals surface area contributed by atoms with Gasteiger partial charge in [0.2, 0.25) is 10.0 Å². The van der Waals surface area contributed by atoms with Crippen LogP contribution in [0.25, 0.3) is 0 Å². The summed E-state index contributed by atoms with van der Waals surface area (Å²) in [5, 5.41) is 2.56. The molecular weight excluding hydrogens is 434 g/mol. The number of anilines is 2. The van der Waals surface area contributed by atoms with Crippen molar-refractivity contribution < 1.29 is 27.4 Å². The van der Waals surface area contributed by atoms with E-state index in [1.807, 2.05) is 24.3 Å². The van der Waals surface area contributed by atoms with E-state index in [2.05, 4.69) is 10.2 Å². The van der Waals surface area contributed by atoms with Crippen molar-refractivity contribution in [3.8, 4) is 11.5 Å². The minimum absolute atomic E-state index is 0.0886. The van der Waals surface area contributed by atoms with Crippen LogP contribution in [0.4, 0.5) is 16.2 Å². The average Bonchev–Trinajstić information content (AvgIpc) is 2.80. The molecule has 10 heteroatoms. The lowest BCUT2D eigenvalue weighted by molar-refractivity contribution is 0.167. The van der Waals surface area contributed by atoms with Crippen molar-refractivity contribution in [2.75, 3.05) is 56.7 Å². The number of nitrogens with one attached hydrogen (secondary N) is 1. The number of hydrogen-bond acceptors (Lipinski definition) is 7. The zero-order chi connectivity index (χ0) is 23.1. The van der Waals surface area contributed by atoms with Gasteiger partial charge < -0.3 is 19.1 Å². The van der Waals surface area contributed by atoms with Gasteiger partial charge in [0.15, 0.2) is 0 Å². The maximum Gasteiger partial charge on any atom is 0.411 e. The smallest absolute Gasteiger partial charge is 0.411 e. The number of amides is 1. The summed E-state index contributed by atoms with van der Waals surface area (Å²) < 4.78 is 43.6. The van der Waals surface area contributed by atoms with Gasteiger partial charge in [-0.25, -0.2) is 13.2 Å². The molecule has 1 aliphatic rings. The predicted molar refractivity (Wildman–Crippen MR) is 122 cm³/mol. The number of hydrogen-bond donors (Lipinski definition) is 1. The van der Waals surface area contributed by atoms with Gasteiger partial charge in [-0.15, -0.1) is 0 Å². The molecule has 1 saturated heterocycles. The minimum atomic E-state index is -3.74. The summed E-state index contributed by atoms with van der Waals surface area (Å²) in [5.41, 5.74) is 1.27. The highest BCUT2D eigenvalue weighted by atomic mass is 32.2. The van der Waals surface area contributed by atoms with Gasteiger partial charge in [-0.05, 0) is 56.3 Å². The summed E-state index contributed by atoms with van der Waals surface area (Å²) in [5.74, 6) is 1.15. The molecule has 1 heterocycles. The van der Waals surface area contributed by atoms with Crippen molar-refractivity contribution in [3.05, 3.63) is 42.5 Å². The first-order chi connectivity index (χ1) is 15.4. The van der Waals surface area contributed by atoms with Crippen LogP contribution in [0.15, 0.2) is 47.4 Å². The van der Waals surface area contributed by atoms with E-state index in [9.17, 15) is 13.2 Å². The van der Waals surface area contributed by atoms with E-state index in [4.69, 9.17) is 14.2 Å². The van der Waals surface area contributed by atoms with Crippen molar-refractivity contribution in [2.45, 2.75) is 18.7 Å². The van der Waals surface area contributed by atoms with Crippen LogP contribution in [-0.4, -0.2) is 65.3 Å². The number of benzene rings is 2. The number of sulfonamides is 1. The molecular formula is C22H29N3O6S. The van der Waals surface area contributed by atoms with Gasteiger partial charge in [0, 0.05) is 31.9 Å². The molecule has 1 aliphatic heterocycles. The first-order valence-electron chi connectivity index (χ1n) is 10.5. The normalized spacial score (nSPS) is 14.7. The van der Waals surface area contributed by atoms with Crippen LogP contribution in [0, 0.1) is 0 Å². The highest BCUT2D eigenvalue weighted by Gasteiger charge is 2.29. The van der Waals surface area contributed by atoms with Crippen LogP contribution in [0.5, 0.6) is 11.5 Å². The maximum absolute atomic E-state index is 13.3. The van der Waals surface area contributed by atoms with Crippen LogP contribution in [0.3, 0.4) is 0 Å². The van der Waals surface area contributed by atoms with Gasteiger partial charge in [-0.3, -0.25) is 5.32 Å². The second-order valence-corrected chi connectivity index (χ2v) is 8.96. The number of methoxy groups -OCH3 is 1. The van der Waals surface area contributed by atoms with E-state index < -0.39 is 16.1 Å². The van der Waals surface area contributed by atoms with Gasteiger partial charge in [0.05, 0.1) is 30.9 Å². The Hall–Kier alpha value is -2.98. The largest absolute Gasteiger partial charge is 0.497 e. The van der Waals surface area contributed by atoms with Crippen LogP contribution in [0.1, 0.15) is 13.8 Å². The van der Waals surface area contributed by atoms with Crippen LogP contribution in [-0.2, 0) is 14.8 Å². The third-order valence-corrected chi connectivity index (χ3v) is 6.97. The number of nitrogens with zero attached hydrogens (tertiary/aromatic N) is 2. The molecule has 1 fully saturated rings. The molecule has 1 amide bonds. The Kier molecular flexibility index (Phi) is 7.81. The Morgan fingerprint density at radius 2 is 1.69 bits per heavy atom. The zero-order valence-corrected chi connectivity index (χ0v) is 19.4. The molecule has 2 aromatic rings. The summed E-state index contributed by atoms with van der Waals surface area (Å²) in [7, 11) is -2.12. The second kappa shape index (κ2) is 10.6. The Morgan fingerprint density at radius 1 is 1.00 bits per heavy atom.